The standard InChI is InChI=1S/C21H36N4O/c1-4-24-13-9-12-19(24)15-25(16-20-14-17(2)22-23(20)3)21(26)18-10-7-5-6-8-11-18/h14,18-19H,4-13,15-16H2,1-3H3/p+1/t19-/m1/s1. The van der Waals surface area contributed by atoms with Crippen LogP contribution in [0.1, 0.15) is 69.7 Å². The summed E-state index contributed by atoms with van der Waals surface area (Å²) in [5, 5.41) is 4.49. The molecule has 1 saturated heterocycles. The number of amides is 1. The van der Waals surface area contributed by atoms with Gasteiger partial charge in [0.2, 0.25) is 5.91 Å². The van der Waals surface area contributed by atoms with Crippen LogP contribution in [-0.4, -0.2) is 46.3 Å². The largest absolute Gasteiger partial charge is 0.331 e. The third-order valence-corrected chi connectivity index (χ3v) is 6.49. The number of aromatic nitrogens is 2. The van der Waals surface area contributed by atoms with Crippen molar-refractivity contribution in [1.29, 1.82) is 0 Å². The summed E-state index contributed by atoms with van der Waals surface area (Å²) in [6.07, 6.45) is 9.72. The fraction of sp³-hybridized carbons (Fsp3) is 0.810. The summed E-state index contributed by atoms with van der Waals surface area (Å²) in [6.45, 7) is 8.35. The van der Waals surface area contributed by atoms with Gasteiger partial charge in [-0.05, 0) is 32.8 Å². The van der Waals surface area contributed by atoms with Gasteiger partial charge in [0, 0.05) is 25.8 Å². The minimum absolute atomic E-state index is 0.235. The minimum atomic E-state index is 0.235. The Kier molecular flexibility index (Phi) is 6.74. The van der Waals surface area contributed by atoms with Crippen molar-refractivity contribution in [2.45, 2.75) is 77.8 Å². The van der Waals surface area contributed by atoms with E-state index in [-0.39, 0.29) is 5.92 Å². The minimum Gasteiger partial charge on any atom is -0.331 e. The van der Waals surface area contributed by atoms with Gasteiger partial charge in [0.05, 0.1) is 37.6 Å². The third kappa shape index (κ3) is 4.67. The van der Waals surface area contributed by atoms with Crippen LogP contribution in [0.5, 0.6) is 0 Å². The zero-order valence-corrected chi connectivity index (χ0v) is 17.0. The van der Waals surface area contributed by atoms with Gasteiger partial charge in [-0.15, -0.1) is 0 Å². The average molecular weight is 362 g/mol. The van der Waals surface area contributed by atoms with Gasteiger partial charge in [0.25, 0.3) is 0 Å². The molecule has 1 aliphatic carbocycles. The fourth-order valence-electron chi connectivity index (χ4n) is 4.96. The van der Waals surface area contributed by atoms with Crippen molar-refractivity contribution >= 4 is 5.91 Å². The van der Waals surface area contributed by atoms with Gasteiger partial charge >= 0.3 is 0 Å². The van der Waals surface area contributed by atoms with Crippen molar-refractivity contribution < 1.29 is 9.69 Å². The molecular formula is C21H37N4O+. The van der Waals surface area contributed by atoms with Crippen LogP contribution in [0.25, 0.3) is 0 Å². The quantitative estimate of drug-likeness (QED) is 0.789. The van der Waals surface area contributed by atoms with Crippen molar-refractivity contribution in [1.82, 2.24) is 14.7 Å². The molecule has 2 atom stereocenters. The van der Waals surface area contributed by atoms with Crippen LogP contribution in [0.4, 0.5) is 0 Å². The maximum atomic E-state index is 13.4. The van der Waals surface area contributed by atoms with Gasteiger partial charge in [-0.25, -0.2) is 0 Å². The molecule has 0 spiro atoms. The van der Waals surface area contributed by atoms with Crippen molar-refractivity contribution in [2.24, 2.45) is 13.0 Å². The average Bonchev–Trinajstić information content (AvgIpc) is 3.08. The molecule has 5 nitrogen and oxygen atoms in total. The van der Waals surface area contributed by atoms with E-state index in [0.717, 1.165) is 30.8 Å². The van der Waals surface area contributed by atoms with E-state index in [1.165, 1.54) is 51.6 Å². The Hall–Kier alpha value is -1.36. The molecule has 1 N–H and O–H groups in total. The molecule has 0 radical (unpaired) electrons. The van der Waals surface area contributed by atoms with Crippen LogP contribution in [0, 0.1) is 12.8 Å². The van der Waals surface area contributed by atoms with Crippen LogP contribution in [0.3, 0.4) is 0 Å². The van der Waals surface area contributed by atoms with Crippen LogP contribution < -0.4 is 4.90 Å². The molecular weight excluding hydrogens is 324 g/mol. The second kappa shape index (κ2) is 9.03. The highest BCUT2D eigenvalue weighted by Gasteiger charge is 2.33. The Labute approximate surface area is 158 Å². The fourth-order valence-corrected chi connectivity index (χ4v) is 4.96. The molecule has 1 unspecified atom stereocenters. The maximum absolute atomic E-state index is 13.4. The van der Waals surface area contributed by atoms with Gasteiger partial charge in [-0.1, -0.05) is 25.7 Å². The van der Waals surface area contributed by atoms with Crippen molar-refractivity contribution in [3.05, 3.63) is 17.5 Å². The molecule has 26 heavy (non-hydrogen) atoms. The van der Waals surface area contributed by atoms with E-state index < -0.39 is 0 Å². The lowest BCUT2D eigenvalue weighted by atomic mass is 9.98. The summed E-state index contributed by atoms with van der Waals surface area (Å²) in [7, 11) is 2.00. The van der Waals surface area contributed by atoms with Crippen molar-refractivity contribution in [3.63, 3.8) is 0 Å². The monoisotopic (exact) mass is 361 g/mol. The SMILES string of the molecule is CC[NH+]1CCC[C@@H]1CN(Cc1cc(C)nn1C)C(=O)C1CCCCCC1. The normalized spacial score (nSPS) is 24.6. The maximum Gasteiger partial charge on any atom is 0.226 e. The molecule has 0 aromatic carbocycles. The number of nitrogens with zero attached hydrogens (tertiary/aromatic N) is 3. The predicted octanol–water partition coefficient (Wildman–Crippen LogP) is 2.09. The number of carbonyl (C=O) groups excluding carboxylic acids is 1. The third-order valence-electron chi connectivity index (χ3n) is 6.49. The molecule has 1 saturated carbocycles. The first-order valence-electron chi connectivity index (χ1n) is 10.7. The second-order valence-electron chi connectivity index (χ2n) is 8.41. The molecule has 2 fully saturated rings. The number of rotatable bonds is 6. The highest BCUT2D eigenvalue weighted by molar-refractivity contribution is 5.78. The number of aryl methyl sites for hydroxylation is 2. The number of nitrogens with one attached hydrogen (secondary N) is 1. The lowest BCUT2D eigenvalue weighted by Gasteiger charge is -2.31. The number of quaternary nitrogens is 1. The second-order valence-corrected chi connectivity index (χ2v) is 8.41. The van der Waals surface area contributed by atoms with E-state index in [9.17, 15) is 4.79 Å². The summed E-state index contributed by atoms with van der Waals surface area (Å²) < 4.78 is 1.95. The number of likely N-dealkylation sites (N-methyl/N-ethyl adjacent to an activating group) is 1. The molecule has 1 aliphatic heterocycles. The Balaban J connectivity index is 1.75. The number of carbonyl (C=O) groups is 1. The smallest absolute Gasteiger partial charge is 0.226 e. The summed E-state index contributed by atoms with van der Waals surface area (Å²) >= 11 is 0. The predicted molar refractivity (Wildman–Crippen MR) is 104 cm³/mol. The topological polar surface area (TPSA) is 42.6 Å². The lowest BCUT2D eigenvalue weighted by molar-refractivity contribution is -0.909. The first-order chi connectivity index (χ1) is 12.6. The van der Waals surface area contributed by atoms with Crippen LogP contribution >= 0.6 is 0 Å². The van der Waals surface area contributed by atoms with E-state index in [4.69, 9.17) is 0 Å². The summed E-state index contributed by atoms with van der Waals surface area (Å²) in [5.74, 6) is 0.631. The van der Waals surface area contributed by atoms with Crippen LogP contribution in [0.15, 0.2) is 6.07 Å². The zero-order chi connectivity index (χ0) is 18.5. The molecule has 1 amide bonds. The van der Waals surface area contributed by atoms with Gasteiger partial charge in [-0.3, -0.25) is 9.48 Å². The van der Waals surface area contributed by atoms with E-state index in [2.05, 4.69) is 23.0 Å². The lowest BCUT2D eigenvalue weighted by Crippen LogP contribution is -3.14. The van der Waals surface area contributed by atoms with Crippen molar-refractivity contribution in [2.75, 3.05) is 19.6 Å². The van der Waals surface area contributed by atoms with Crippen LogP contribution in [-0.2, 0) is 18.4 Å². The Bertz CT molecular complexity index is 589. The molecule has 1 aromatic rings. The summed E-state index contributed by atoms with van der Waals surface area (Å²) in [6, 6.07) is 2.73. The van der Waals surface area contributed by atoms with E-state index in [1.807, 2.05) is 18.7 Å². The molecule has 2 aliphatic rings. The number of likely N-dealkylation sites (tertiary alicyclic amines) is 1. The zero-order valence-electron chi connectivity index (χ0n) is 17.0. The van der Waals surface area contributed by atoms with E-state index >= 15 is 0 Å². The number of hydrogen-bond acceptors (Lipinski definition) is 2. The van der Waals surface area contributed by atoms with Gasteiger partial charge in [-0.2, -0.15) is 5.10 Å². The molecule has 146 valence electrons. The molecule has 0 bridgehead atoms. The molecule has 2 heterocycles. The first-order valence-corrected chi connectivity index (χ1v) is 10.7. The van der Waals surface area contributed by atoms with Gasteiger partial charge in [0.1, 0.15) is 6.04 Å². The Morgan fingerprint density at radius 2 is 1.96 bits per heavy atom. The first kappa shape index (κ1) is 19.4. The molecule has 1 aromatic heterocycles. The number of hydrogen-bond donors (Lipinski definition) is 1. The van der Waals surface area contributed by atoms with E-state index in [1.54, 1.807) is 4.90 Å². The summed E-state index contributed by atoms with van der Waals surface area (Å²) in [5.41, 5.74) is 2.19. The molecule has 5 heteroatoms. The van der Waals surface area contributed by atoms with Crippen LogP contribution in [0.2, 0.25) is 0 Å². The summed E-state index contributed by atoms with van der Waals surface area (Å²) in [4.78, 5) is 17.3. The highest BCUT2D eigenvalue weighted by Crippen LogP contribution is 2.25. The van der Waals surface area contributed by atoms with E-state index in [0.29, 0.717) is 18.5 Å². The highest BCUT2D eigenvalue weighted by atomic mass is 16.2. The van der Waals surface area contributed by atoms with Gasteiger partial charge in [0.15, 0.2) is 0 Å². The van der Waals surface area contributed by atoms with Crippen molar-refractivity contribution in [3.8, 4) is 0 Å². The molecule has 3 rings (SSSR count). The van der Waals surface area contributed by atoms with Gasteiger partial charge < -0.3 is 9.80 Å². The Morgan fingerprint density at radius 1 is 1.23 bits per heavy atom. The Morgan fingerprint density at radius 3 is 2.58 bits per heavy atom.